The number of hydrogen-bond acceptors (Lipinski definition) is 4. The van der Waals surface area contributed by atoms with Crippen molar-refractivity contribution in [2.75, 3.05) is 14.6 Å². The van der Waals surface area contributed by atoms with Crippen molar-refractivity contribution in [3.63, 3.8) is 0 Å². The molecule has 0 fully saturated rings. The topological polar surface area (TPSA) is 9.72 Å². The number of fused-ring (bicyclic) bond motifs is 9. The number of benzene rings is 9. The van der Waals surface area contributed by atoms with Crippen molar-refractivity contribution in [3.05, 3.63) is 215 Å². The van der Waals surface area contributed by atoms with Crippen LogP contribution in [0.5, 0.6) is 0 Å². The Balaban J connectivity index is 1.15. The second-order valence-corrected chi connectivity index (χ2v) is 31.4. The zero-order valence-corrected chi connectivity index (χ0v) is 53.8. The van der Waals surface area contributed by atoms with Crippen LogP contribution in [0.4, 0.5) is 45.5 Å². The van der Waals surface area contributed by atoms with Gasteiger partial charge in [0.1, 0.15) is 0 Å². The van der Waals surface area contributed by atoms with Crippen LogP contribution in [0.2, 0.25) is 0 Å². The van der Waals surface area contributed by atoms with Gasteiger partial charge in [-0.25, -0.2) is 0 Å². The molecule has 0 amide bonds. The number of anilines is 8. The second-order valence-electron chi connectivity index (χ2n) is 30.3. The molecule has 0 bridgehead atoms. The molecule has 0 unspecified atom stereocenters. The van der Waals surface area contributed by atoms with Gasteiger partial charge in [0.25, 0.3) is 0 Å². The molecule has 3 aliphatic rings. The maximum Gasteiger partial charge on any atom is 0.333 e. The fourth-order valence-corrected chi connectivity index (χ4v) is 15.1. The lowest BCUT2D eigenvalue weighted by Crippen LogP contribution is -2.61. The summed E-state index contributed by atoms with van der Waals surface area (Å²) in [7, 11) is 0. The highest BCUT2D eigenvalue weighted by Crippen LogP contribution is 2.56. The summed E-state index contributed by atoms with van der Waals surface area (Å²) in [6, 6.07) is 69.2. The highest BCUT2D eigenvalue weighted by molar-refractivity contribution is 7.26. The average molecular weight is 1120 g/mol. The van der Waals surface area contributed by atoms with Gasteiger partial charge >= 0.3 is 6.85 Å². The summed E-state index contributed by atoms with van der Waals surface area (Å²) >= 11 is 1.97. The standard InChI is InChI=1S/C79H84BN3S/c1-49-43-61-59-37-40-69-71(62-47-63-64(48-70(62)84-69)79(16,17)42-41-78(63,14)15)73(59)83(57-34-27-53(28-35-57)76(8,9)10)80-65-38-36-58(81(55-30-23-51(24-31-55)74(2,3)4)56-32-25-52(26-33-56)75(5,6)7)46-67(65)82(68(44-49)72(61)80)66-39-29-54(77(11,12)13)45-60(66)50-21-19-18-20-22-50/h18-40,43-48H,41-42H2,1-17H3. The second kappa shape index (κ2) is 19.3. The first-order valence-corrected chi connectivity index (χ1v) is 31.6. The Morgan fingerprint density at radius 3 is 1.56 bits per heavy atom. The van der Waals surface area contributed by atoms with Gasteiger partial charge in [0.05, 0.1) is 5.69 Å². The molecule has 3 heterocycles. The molecule has 9 aromatic carbocycles. The maximum absolute atomic E-state index is 2.77. The van der Waals surface area contributed by atoms with E-state index in [1.165, 1.54) is 128 Å². The summed E-state index contributed by atoms with van der Waals surface area (Å²) in [5.41, 5.74) is 26.6. The number of thiophene rings is 1. The van der Waals surface area contributed by atoms with Crippen LogP contribution >= 0.6 is 11.3 Å². The van der Waals surface area contributed by atoms with Crippen LogP contribution in [0.25, 0.3) is 42.4 Å². The summed E-state index contributed by atoms with van der Waals surface area (Å²) in [6.07, 6.45) is 2.36. The smallest absolute Gasteiger partial charge is 0.333 e. The van der Waals surface area contributed by atoms with E-state index in [9.17, 15) is 0 Å². The molecule has 1 aliphatic carbocycles. The monoisotopic (exact) mass is 1120 g/mol. The molecule has 0 radical (unpaired) electrons. The third-order valence-corrected chi connectivity index (χ3v) is 20.3. The Morgan fingerprint density at radius 2 is 0.988 bits per heavy atom. The molecular weight excluding hydrogens is 1030 g/mol. The van der Waals surface area contributed by atoms with Crippen molar-refractivity contribution in [1.82, 2.24) is 0 Å². The molecule has 3 nitrogen and oxygen atoms in total. The van der Waals surface area contributed by atoms with Crippen molar-refractivity contribution in [2.24, 2.45) is 0 Å². The molecule has 5 heteroatoms. The molecule has 0 saturated heterocycles. The number of aryl methyl sites for hydroxylation is 1. The minimum Gasteiger partial charge on any atom is -0.376 e. The highest BCUT2D eigenvalue weighted by Gasteiger charge is 2.47. The normalized spacial score (nSPS) is 15.5. The first kappa shape index (κ1) is 55.8. The van der Waals surface area contributed by atoms with E-state index in [0.29, 0.717) is 0 Å². The van der Waals surface area contributed by atoms with Crippen molar-refractivity contribution >= 4 is 94.8 Å². The first-order chi connectivity index (χ1) is 39.6. The van der Waals surface area contributed by atoms with Gasteiger partial charge in [-0.05, 0) is 198 Å². The van der Waals surface area contributed by atoms with Gasteiger partial charge in [-0.3, -0.25) is 0 Å². The fourth-order valence-electron chi connectivity index (χ4n) is 14.0. The molecule has 0 atom stereocenters. The predicted octanol–water partition coefficient (Wildman–Crippen LogP) is 21.7. The summed E-state index contributed by atoms with van der Waals surface area (Å²) in [6.45, 7) is 39.8. The zero-order chi connectivity index (χ0) is 59.4. The van der Waals surface area contributed by atoms with Crippen molar-refractivity contribution < 1.29 is 0 Å². The largest absolute Gasteiger partial charge is 0.376 e. The van der Waals surface area contributed by atoms with E-state index in [4.69, 9.17) is 0 Å². The van der Waals surface area contributed by atoms with Crippen molar-refractivity contribution in [3.8, 4) is 22.3 Å². The lowest BCUT2D eigenvalue weighted by Gasteiger charge is -2.47. The van der Waals surface area contributed by atoms with Gasteiger partial charge in [-0.2, -0.15) is 0 Å². The quantitative estimate of drug-likeness (QED) is 0.154. The molecular formula is C79H84BN3S. The summed E-state index contributed by atoms with van der Waals surface area (Å²) < 4.78 is 2.71. The predicted molar refractivity (Wildman–Crippen MR) is 368 cm³/mol. The third-order valence-electron chi connectivity index (χ3n) is 19.2. The van der Waals surface area contributed by atoms with E-state index in [1.807, 2.05) is 11.3 Å². The summed E-state index contributed by atoms with van der Waals surface area (Å²) in [5.74, 6) is 0. The fraction of sp³-hybridized carbons (Fsp3) is 0.316. The molecule has 0 saturated carbocycles. The van der Waals surface area contributed by atoms with E-state index >= 15 is 0 Å². The van der Waals surface area contributed by atoms with E-state index in [1.54, 1.807) is 0 Å². The van der Waals surface area contributed by atoms with Gasteiger partial charge in [-0.1, -0.05) is 202 Å². The molecule has 0 N–H and O–H groups in total. The molecule has 13 rings (SSSR count). The maximum atomic E-state index is 2.77. The Labute approximate surface area is 506 Å². The lowest BCUT2D eigenvalue weighted by molar-refractivity contribution is 0.332. The number of hydrogen-bond donors (Lipinski definition) is 0. The van der Waals surface area contributed by atoms with Gasteiger partial charge in [0, 0.05) is 71.1 Å². The van der Waals surface area contributed by atoms with Crippen molar-refractivity contribution in [1.29, 1.82) is 0 Å². The molecule has 1 aromatic heterocycles. The summed E-state index contributed by atoms with van der Waals surface area (Å²) in [4.78, 5) is 7.91. The average Bonchev–Trinajstić information content (AvgIpc) is 2.13. The minimum absolute atomic E-state index is 0.00846. The van der Waals surface area contributed by atoms with E-state index in [-0.39, 0.29) is 39.3 Å². The lowest BCUT2D eigenvalue weighted by atomic mass is 9.43. The van der Waals surface area contributed by atoms with Crippen LogP contribution in [0.3, 0.4) is 0 Å². The van der Waals surface area contributed by atoms with E-state index < -0.39 is 0 Å². The third kappa shape index (κ3) is 9.31. The molecule has 424 valence electrons. The Morgan fingerprint density at radius 1 is 0.452 bits per heavy atom. The SMILES string of the molecule is Cc1cc2c3c(c1)N(c1ccc(C(C)(C)C)cc1-c1ccccc1)c1cc(N(c4ccc(C(C)(C)C)cc4)c4ccc(C(C)(C)C)cc4)ccc1B3N(c1ccc(C(C)(C)C)cc1)c1c-2ccc2sc3cc4c(cc3c12)C(C)(C)CCC4(C)C. The van der Waals surface area contributed by atoms with Crippen LogP contribution in [0.1, 0.15) is 163 Å². The van der Waals surface area contributed by atoms with E-state index in [2.05, 4.69) is 308 Å². The van der Waals surface area contributed by atoms with E-state index in [0.717, 1.165) is 22.7 Å². The molecule has 84 heavy (non-hydrogen) atoms. The zero-order valence-electron chi connectivity index (χ0n) is 53.0. The number of rotatable bonds is 6. The first-order valence-electron chi connectivity index (χ1n) is 30.8. The summed E-state index contributed by atoms with van der Waals surface area (Å²) in [5, 5.41) is 2.73. The molecule has 2 aliphatic heterocycles. The highest BCUT2D eigenvalue weighted by atomic mass is 32.1. The minimum atomic E-state index is -0.183. The van der Waals surface area contributed by atoms with Gasteiger partial charge in [-0.15, -0.1) is 11.3 Å². The van der Waals surface area contributed by atoms with Crippen molar-refractivity contribution in [2.45, 2.75) is 163 Å². The Bertz CT molecular complexity index is 4170. The Hall–Kier alpha value is -7.34. The molecule has 10 aromatic rings. The molecule has 0 spiro atoms. The van der Waals surface area contributed by atoms with Crippen LogP contribution in [-0.4, -0.2) is 6.85 Å². The Kier molecular flexibility index (Phi) is 12.9. The van der Waals surface area contributed by atoms with Crippen LogP contribution in [0, 0.1) is 6.92 Å². The number of nitrogens with zero attached hydrogens (tertiary/aromatic N) is 3. The van der Waals surface area contributed by atoms with Gasteiger partial charge < -0.3 is 14.6 Å². The van der Waals surface area contributed by atoms with Gasteiger partial charge in [0.2, 0.25) is 0 Å². The van der Waals surface area contributed by atoms with Crippen LogP contribution < -0.4 is 25.5 Å². The van der Waals surface area contributed by atoms with Crippen LogP contribution in [-0.2, 0) is 32.5 Å². The van der Waals surface area contributed by atoms with Crippen LogP contribution in [0.15, 0.2) is 176 Å². The van der Waals surface area contributed by atoms with Gasteiger partial charge in [0.15, 0.2) is 0 Å².